The van der Waals surface area contributed by atoms with Gasteiger partial charge in [0.25, 0.3) is 0 Å². The van der Waals surface area contributed by atoms with Crippen molar-refractivity contribution in [1.29, 1.82) is 0 Å². The topological polar surface area (TPSA) is 128 Å². The van der Waals surface area contributed by atoms with Crippen molar-refractivity contribution in [2.75, 3.05) is 19.7 Å². The number of rotatable bonds is 11. The van der Waals surface area contributed by atoms with Gasteiger partial charge >= 0.3 is 18.2 Å². The smallest absolute Gasteiger partial charge is 0.465 e. The maximum atomic E-state index is 12.0. The highest BCUT2D eigenvalue weighted by Crippen LogP contribution is 2.14. The number of carboxylic acid groups (broad SMARTS) is 1. The Morgan fingerprint density at radius 2 is 1.54 bits per heavy atom. The van der Waals surface area contributed by atoms with Crippen LogP contribution >= 0.6 is 0 Å². The summed E-state index contributed by atoms with van der Waals surface area (Å²) in [5.74, 6) is -2.58. The van der Waals surface area contributed by atoms with Crippen LogP contribution in [0.2, 0.25) is 0 Å². The Morgan fingerprint density at radius 1 is 0.958 bits per heavy atom. The van der Waals surface area contributed by atoms with Crippen LogP contribution in [0.1, 0.15) is 32.1 Å². The number of carbonyl (C=O) groups is 3. The van der Waals surface area contributed by atoms with Crippen molar-refractivity contribution in [3.63, 3.8) is 0 Å². The second-order valence-corrected chi connectivity index (χ2v) is 4.97. The molecule has 0 radical (unpaired) electrons. The van der Waals surface area contributed by atoms with Gasteiger partial charge in [-0.05, 0) is 32.1 Å². The summed E-state index contributed by atoms with van der Waals surface area (Å²) in [6, 6.07) is -1.03. The molecule has 0 saturated heterocycles. The summed E-state index contributed by atoms with van der Waals surface area (Å²) in [5.41, 5.74) is 0. The van der Waals surface area contributed by atoms with Gasteiger partial charge < -0.3 is 26.2 Å². The number of hydrogen-bond donors (Lipinski definition) is 5. The Balaban J connectivity index is 4.13. The molecule has 0 aromatic carbocycles. The third-order valence-corrected chi connectivity index (χ3v) is 2.96. The van der Waals surface area contributed by atoms with Crippen LogP contribution in [-0.4, -0.2) is 60.0 Å². The van der Waals surface area contributed by atoms with Gasteiger partial charge in [0.2, 0.25) is 5.91 Å². The maximum absolute atomic E-state index is 12.0. The molecular weight excluding hydrogens is 335 g/mol. The molecule has 1 atom stereocenters. The van der Waals surface area contributed by atoms with Gasteiger partial charge in [0.05, 0.1) is 0 Å². The number of nitrogens with one attached hydrogen (secondary N) is 3. The van der Waals surface area contributed by atoms with Gasteiger partial charge in [0.15, 0.2) is 0 Å². The number of aliphatic hydroxyl groups excluding tert-OH is 1. The van der Waals surface area contributed by atoms with E-state index in [2.05, 4.69) is 5.32 Å². The molecule has 0 fully saturated rings. The molecule has 0 aliphatic carbocycles. The van der Waals surface area contributed by atoms with Crippen molar-refractivity contribution in [1.82, 2.24) is 16.0 Å². The van der Waals surface area contributed by atoms with E-state index in [1.165, 1.54) is 0 Å². The summed E-state index contributed by atoms with van der Waals surface area (Å²) in [4.78, 5) is 33.1. The fourth-order valence-corrected chi connectivity index (χ4v) is 1.77. The van der Waals surface area contributed by atoms with Gasteiger partial charge in [-0.1, -0.05) is 0 Å². The van der Waals surface area contributed by atoms with Gasteiger partial charge in [-0.2, -0.15) is 13.2 Å². The van der Waals surface area contributed by atoms with Crippen LogP contribution in [0, 0.1) is 0 Å². The van der Waals surface area contributed by atoms with Crippen LogP contribution < -0.4 is 16.0 Å². The molecule has 8 nitrogen and oxygen atoms in total. The minimum atomic E-state index is -4.94. The lowest BCUT2D eigenvalue weighted by atomic mass is 10.1. The van der Waals surface area contributed by atoms with Crippen LogP contribution in [0.5, 0.6) is 0 Å². The molecule has 140 valence electrons. The highest BCUT2D eigenvalue weighted by Gasteiger charge is 2.38. The number of carbonyl (C=O) groups excluding carboxylic acids is 2. The second-order valence-electron chi connectivity index (χ2n) is 4.97. The van der Waals surface area contributed by atoms with Gasteiger partial charge in [-0.25, -0.2) is 4.79 Å². The Bertz CT molecular complexity index is 418. The summed E-state index contributed by atoms with van der Waals surface area (Å²) in [6.07, 6.45) is -4.82. The minimum absolute atomic E-state index is 0.0175. The van der Waals surface area contributed by atoms with Crippen LogP contribution in [0.3, 0.4) is 0 Å². The number of unbranched alkanes of at least 4 members (excludes halogenated alkanes) is 2. The Kier molecular flexibility index (Phi) is 10.5. The van der Waals surface area contributed by atoms with Crippen LogP contribution in [0.25, 0.3) is 0 Å². The molecule has 0 aliphatic rings. The maximum Gasteiger partial charge on any atom is 0.471 e. The minimum Gasteiger partial charge on any atom is -0.465 e. The SMILES string of the molecule is O=C(O)NC(CCCCNC(=O)C(F)(F)F)C(=O)NCCCCO. The van der Waals surface area contributed by atoms with E-state index in [-0.39, 0.29) is 39.0 Å². The summed E-state index contributed by atoms with van der Waals surface area (Å²) in [7, 11) is 0. The lowest BCUT2D eigenvalue weighted by Crippen LogP contribution is -2.46. The van der Waals surface area contributed by atoms with E-state index in [0.29, 0.717) is 12.8 Å². The lowest BCUT2D eigenvalue weighted by molar-refractivity contribution is -0.173. The van der Waals surface area contributed by atoms with Gasteiger partial charge in [-0.15, -0.1) is 0 Å². The van der Waals surface area contributed by atoms with E-state index in [9.17, 15) is 27.6 Å². The summed E-state index contributed by atoms with van der Waals surface area (Å²) < 4.78 is 35.9. The molecule has 0 bridgehead atoms. The Morgan fingerprint density at radius 3 is 2.08 bits per heavy atom. The number of hydrogen-bond acceptors (Lipinski definition) is 4. The first kappa shape index (κ1) is 22.0. The van der Waals surface area contributed by atoms with Crippen LogP contribution in [0.15, 0.2) is 0 Å². The number of amides is 3. The van der Waals surface area contributed by atoms with E-state index in [0.717, 1.165) is 0 Å². The highest BCUT2D eigenvalue weighted by atomic mass is 19.4. The monoisotopic (exact) mass is 357 g/mol. The fraction of sp³-hybridized carbons (Fsp3) is 0.769. The van der Waals surface area contributed by atoms with Crippen molar-refractivity contribution in [3.8, 4) is 0 Å². The average Bonchev–Trinajstić information content (AvgIpc) is 2.48. The van der Waals surface area contributed by atoms with Gasteiger partial charge in [0, 0.05) is 19.7 Å². The molecule has 0 aliphatic heterocycles. The number of aliphatic hydroxyl groups is 1. The molecule has 11 heteroatoms. The van der Waals surface area contributed by atoms with Crippen molar-refractivity contribution in [2.45, 2.75) is 44.3 Å². The van der Waals surface area contributed by atoms with Crippen LogP contribution in [-0.2, 0) is 9.59 Å². The van der Waals surface area contributed by atoms with Crippen molar-refractivity contribution >= 4 is 17.9 Å². The normalized spacial score (nSPS) is 12.3. The molecule has 0 rings (SSSR count). The zero-order valence-electron chi connectivity index (χ0n) is 13.0. The Hall–Kier alpha value is -2.04. The van der Waals surface area contributed by atoms with E-state index < -0.39 is 30.1 Å². The summed E-state index contributed by atoms with van der Waals surface area (Å²) in [5, 5.41) is 23.5. The molecule has 24 heavy (non-hydrogen) atoms. The standard InChI is InChI=1S/C13H22F3N3O5/c14-13(15,16)11(22)18-7-2-1-5-9(19-12(23)24)10(21)17-6-3-4-8-20/h9,19-20H,1-8H2,(H,17,21)(H,18,22)(H,23,24). The van der Waals surface area contributed by atoms with Crippen molar-refractivity contribution in [2.24, 2.45) is 0 Å². The van der Waals surface area contributed by atoms with E-state index in [1.807, 2.05) is 5.32 Å². The van der Waals surface area contributed by atoms with E-state index in [1.54, 1.807) is 5.32 Å². The van der Waals surface area contributed by atoms with E-state index >= 15 is 0 Å². The molecule has 0 aromatic heterocycles. The first-order valence-electron chi connectivity index (χ1n) is 7.41. The summed E-state index contributed by atoms with van der Waals surface area (Å²) in [6.45, 7) is 0.0331. The molecule has 0 aromatic rings. The highest BCUT2D eigenvalue weighted by molar-refractivity contribution is 5.85. The molecule has 0 saturated carbocycles. The largest absolute Gasteiger partial charge is 0.471 e. The molecule has 1 unspecified atom stereocenters. The molecule has 0 spiro atoms. The zero-order valence-corrected chi connectivity index (χ0v) is 13.0. The predicted molar refractivity (Wildman–Crippen MR) is 77.2 cm³/mol. The van der Waals surface area contributed by atoms with Gasteiger partial charge in [-0.3, -0.25) is 9.59 Å². The molecular formula is C13H22F3N3O5. The number of halogens is 3. The zero-order chi connectivity index (χ0) is 18.6. The lowest BCUT2D eigenvalue weighted by Gasteiger charge is -2.16. The predicted octanol–water partition coefficient (Wildman–Crippen LogP) is 0.360. The average molecular weight is 357 g/mol. The molecule has 0 heterocycles. The van der Waals surface area contributed by atoms with E-state index in [4.69, 9.17) is 10.2 Å². The first-order valence-corrected chi connectivity index (χ1v) is 7.41. The third kappa shape index (κ3) is 10.6. The molecule has 5 N–H and O–H groups in total. The van der Waals surface area contributed by atoms with Crippen LogP contribution in [0.4, 0.5) is 18.0 Å². The van der Waals surface area contributed by atoms with Crippen molar-refractivity contribution in [3.05, 3.63) is 0 Å². The quantitative estimate of drug-likeness (QED) is 0.341. The number of alkyl halides is 3. The first-order chi connectivity index (χ1) is 11.2. The summed E-state index contributed by atoms with van der Waals surface area (Å²) >= 11 is 0. The van der Waals surface area contributed by atoms with Crippen molar-refractivity contribution < 1.29 is 37.8 Å². The Labute approximate surface area is 136 Å². The fourth-order valence-electron chi connectivity index (χ4n) is 1.77. The third-order valence-electron chi connectivity index (χ3n) is 2.96. The van der Waals surface area contributed by atoms with Gasteiger partial charge in [0.1, 0.15) is 6.04 Å². The molecule has 3 amide bonds. The second kappa shape index (κ2) is 11.5.